The van der Waals surface area contributed by atoms with Crippen molar-refractivity contribution in [3.63, 3.8) is 0 Å². The molecule has 0 aliphatic heterocycles. The van der Waals surface area contributed by atoms with Crippen molar-refractivity contribution in [3.05, 3.63) is 48.5 Å². The molecule has 4 aromatic carbocycles. The normalized spacial score (nSPS) is 13.3. The Morgan fingerprint density at radius 3 is 1.24 bits per heavy atom. The monoisotopic (exact) mass is 766 g/mol. The maximum absolute atomic E-state index is 11.4. The molecule has 4 rings (SSSR count). The third-order valence-corrected chi connectivity index (χ3v) is 11.1. The Labute approximate surface area is 259 Å². The van der Waals surface area contributed by atoms with E-state index in [1.165, 1.54) is 0 Å². The molecule has 0 amide bonds. The smallest absolute Gasteiger partial charge is 0.297 e. The third kappa shape index (κ3) is 7.87. The van der Waals surface area contributed by atoms with Gasteiger partial charge in [-0.15, -0.1) is 0 Å². The zero-order valence-electron chi connectivity index (χ0n) is 21.8. The number of hydrogen-bond acceptors (Lipinski definition) is 14. The van der Waals surface area contributed by atoms with Gasteiger partial charge < -0.3 is 11.5 Å². The molecule has 0 atom stereocenters. The number of rotatable bonds is 6. The molecule has 0 saturated heterocycles. The van der Waals surface area contributed by atoms with Crippen molar-refractivity contribution in [1.29, 1.82) is 0 Å². The maximum Gasteiger partial charge on any atom is 0.297 e. The van der Waals surface area contributed by atoms with E-state index in [2.05, 4.69) is 0 Å². The molecule has 0 aliphatic rings. The first kappa shape index (κ1) is 36.9. The van der Waals surface area contributed by atoms with Crippen molar-refractivity contribution in [2.75, 3.05) is 11.5 Å². The molecule has 10 N–H and O–H groups in total. The van der Waals surface area contributed by atoms with E-state index in [4.69, 9.17) is 25.1 Å². The minimum atomic E-state index is -4.98. The topological polar surface area (TPSA) is 378 Å². The summed E-state index contributed by atoms with van der Waals surface area (Å²) in [5, 5.41) is -1.63. The fourth-order valence-electron chi connectivity index (χ4n) is 3.95. The van der Waals surface area contributed by atoms with Crippen molar-refractivity contribution in [2.24, 2.45) is 0 Å². The Balaban J connectivity index is 0.000000250. The first-order chi connectivity index (χ1) is 20.4. The molecular formula is C20H18N2O18S6. The average Bonchev–Trinajstić information content (AvgIpc) is 2.83. The van der Waals surface area contributed by atoms with Crippen LogP contribution in [-0.2, 0) is 60.7 Å². The lowest BCUT2D eigenvalue weighted by Gasteiger charge is -2.11. The van der Waals surface area contributed by atoms with Crippen LogP contribution in [0.5, 0.6) is 0 Å². The van der Waals surface area contributed by atoms with Gasteiger partial charge in [-0.1, -0.05) is 6.07 Å². The van der Waals surface area contributed by atoms with Gasteiger partial charge in [0.15, 0.2) is 0 Å². The van der Waals surface area contributed by atoms with Gasteiger partial charge in [-0.05, 0) is 47.9 Å². The molecule has 0 spiro atoms. The molecule has 0 fully saturated rings. The molecule has 0 aromatic heterocycles. The molecule has 0 aliphatic carbocycles. The summed E-state index contributed by atoms with van der Waals surface area (Å²) >= 11 is 0. The van der Waals surface area contributed by atoms with Gasteiger partial charge in [-0.3, -0.25) is 27.3 Å². The minimum absolute atomic E-state index is 0.301. The Hall–Kier alpha value is -3.54. The van der Waals surface area contributed by atoms with Crippen molar-refractivity contribution < 1.29 is 77.8 Å². The largest absolute Gasteiger partial charge is 0.398 e. The highest BCUT2D eigenvalue weighted by Gasteiger charge is 2.26. The summed E-state index contributed by atoms with van der Waals surface area (Å²) in [5.74, 6) is 0. The summed E-state index contributed by atoms with van der Waals surface area (Å²) in [6.45, 7) is 0. The van der Waals surface area contributed by atoms with Crippen LogP contribution in [-0.4, -0.2) is 77.8 Å². The van der Waals surface area contributed by atoms with Gasteiger partial charge >= 0.3 is 0 Å². The highest BCUT2D eigenvalue weighted by atomic mass is 32.2. The molecule has 0 unspecified atom stereocenters. The first-order valence-electron chi connectivity index (χ1n) is 11.0. The molecule has 0 radical (unpaired) electrons. The van der Waals surface area contributed by atoms with Crippen LogP contribution in [0, 0.1) is 0 Å². The molecule has 20 nitrogen and oxygen atoms in total. The first-order valence-corrected chi connectivity index (χ1v) is 19.7. The van der Waals surface area contributed by atoms with Crippen molar-refractivity contribution >= 4 is 93.6 Å². The summed E-state index contributed by atoms with van der Waals surface area (Å²) in [5.41, 5.74) is 9.84. The molecule has 0 saturated carbocycles. The Morgan fingerprint density at radius 2 is 0.826 bits per heavy atom. The third-order valence-electron chi connectivity index (χ3n) is 5.76. The molecule has 4 aromatic rings. The minimum Gasteiger partial charge on any atom is -0.398 e. The molecule has 26 heteroatoms. The van der Waals surface area contributed by atoms with E-state index in [9.17, 15) is 64.2 Å². The van der Waals surface area contributed by atoms with E-state index in [-0.39, 0.29) is 10.8 Å². The molecular weight excluding hydrogens is 749 g/mol. The van der Waals surface area contributed by atoms with Gasteiger partial charge in [-0.25, -0.2) is 0 Å². The van der Waals surface area contributed by atoms with E-state index >= 15 is 0 Å². The van der Waals surface area contributed by atoms with Crippen LogP contribution in [0.25, 0.3) is 21.5 Å². The number of anilines is 2. The van der Waals surface area contributed by atoms with Crippen molar-refractivity contribution in [1.82, 2.24) is 0 Å². The zero-order valence-corrected chi connectivity index (χ0v) is 26.7. The predicted octanol–water partition coefficient (Wildman–Crippen LogP) is 0.324. The van der Waals surface area contributed by atoms with Crippen LogP contribution in [0.4, 0.5) is 11.4 Å². The summed E-state index contributed by atoms with van der Waals surface area (Å²) in [7, 11) is -29.4. The second kappa shape index (κ2) is 11.6. The fourth-order valence-corrected chi connectivity index (χ4v) is 8.08. The lowest BCUT2D eigenvalue weighted by Crippen LogP contribution is -2.08. The van der Waals surface area contributed by atoms with E-state index in [1.807, 2.05) is 0 Å². The summed E-state index contributed by atoms with van der Waals surface area (Å²) in [4.78, 5) is -5.54. The number of nitrogens with two attached hydrogens (primary N) is 2. The SMILES string of the molecule is Nc1cc2c(S(=O)(=O)O)cc(S(=O)(=O)O)cc2cc1S(=O)(=O)O.Nc1ccc2c(S(=O)(=O)O)cc(S(=O)(=O)O)cc2c1S(=O)(=O)O. The fraction of sp³-hybridized carbons (Fsp3) is 0. The average molecular weight is 767 g/mol. The van der Waals surface area contributed by atoms with Crippen LogP contribution >= 0.6 is 0 Å². The highest BCUT2D eigenvalue weighted by molar-refractivity contribution is 7.87. The van der Waals surface area contributed by atoms with Crippen LogP contribution < -0.4 is 11.5 Å². The predicted molar refractivity (Wildman–Crippen MR) is 156 cm³/mol. The molecule has 252 valence electrons. The van der Waals surface area contributed by atoms with Crippen LogP contribution in [0.3, 0.4) is 0 Å². The summed E-state index contributed by atoms with van der Waals surface area (Å²) in [6.07, 6.45) is 0. The maximum atomic E-state index is 11.4. The van der Waals surface area contributed by atoms with E-state index < -0.39 is 112 Å². The van der Waals surface area contributed by atoms with Crippen LogP contribution in [0.2, 0.25) is 0 Å². The standard InChI is InChI=1S/2C10H9NO9S3/c11-8-4-7-5(2-10(8)23(18,19)20)1-6(21(12,13)14)3-9(7)22(15,16)17;11-8-2-1-6-7(10(8)23(18,19)20)3-5(21(12,13)14)4-9(6)22(15,16)17/h2*1-4H,11H2,(H,12,13,14)(H,15,16,17)(H,18,19,20). The van der Waals surface area contributed by atoms with E-state index in [1.54, 1.807) is 0 Å². The highest BCUT2D eigenvalue weighted by Crippen LogP contribution is 2.35. The molecule has 0 bridgehead atoms. The summed E-state index contributed by atoms with van der Waals surface area (Å²) < 4.78 is 190. The second-order valence-corrected chi connectivity index (χ2v) is 17.3. The van der Waals surface area contributed by atoms with Gasteiger partial charge in [0.05, 0.1) is 21.2 Å². The van der Waals surface area contributed by atoms with Gasteiger partial charge in [0.1, 0.15) is 19.6 Å². The molecule has 46 heavy (non-hydrogen) atoms. The van der Waals surface area contributed by atoms with Gasteiger partial charge in [0.2, 0.25) is 0 Å². The quantitative estimate of drug-likeness (QED) is 0.0967. The van der Waals surface area contributed by atoms with Crippen LogP contribution in [0.15, 0.2) is 77.9 Å². The van der Waals surface area contributed by atoms with Gasteiger partial charge in [0, 0.05) is 16.2 Å². The summed E-state index contributed by atoms with van der Waals surface area (Å²) in [6, 6.07) is 5.80. The second-order valence-electron chi connectivity index (χ2n) is 8.88. The Morgan fingerprint density at radius 1 is 0.391 bits per heavy atom. The van der Waals surface area contributed by atoms with Crippen LogP contribution in [0.1, 0.15) is 0 Å². The van der Waals surface area contributed by atoms with E-state index in [0.717, 1.165) is 24.3 Å². The zero-order chi connectivity index (χ0) is 35.6. The number of benzene rings is 4. The Bertz CT molecular complexity index is 2630. The molecule has 0 heterocycles. The Kier molecular flexibility index (Phi) is 9.32. The number of nitrogen functional groups attached to an aromatic ring is 2. The lowest BCUT2D eigenvalue weighted by atomic mass is 10.1. The lowest BCUT2D eigenvalue weighted by molar-refractivity contribution is 0.477. The van der Waals surface area contributed by atoms with Gasteiger partial charge in [-0.2, -0.15) is 50.5 Å². The number of fused-ring (bicyclic) bond motifs is 2. The van der Waals surface area contributed by atoms with Crippen molar-refractivity contribution in [2.45, 2.75) is 29.4 Å². The van der Waals surface area contributed by atoms with E-state index in [0.29, 0.717) is 24.3 Å². The van der Waals surface area contributed by atoms with Crippen molar-refractivity contribution in [3.8, 4) is 0 Å². The van der Waals surface area contributed by atoms with Gasteiger partial charge in [0.25, 0.3) is 60.7 Å². The number of hydrogen-bond donors (Lipinski definition) is 8.